The summed E-state index contributed by atoms with van der Waals surface area (Å²) in [5, 5.41) is 5.88. The van der Waals surface area contributed by atoms with E-state index in [9.17, 15) is 4.79 Å². The van der Waals surface area contributed by atoms with Crippen molar-refractivity contribution in [3.8, 4) is 0 Å². The Balaban J connectivity index is 1.89. The number of nitrogens with zero attached hydrogens (tertiary/aromatic N) is 2. The Bertz CT molecular complexity index is 512. The lowest BCUT2D eigenvalue weighted by Crippen LogP contribution is -2.47. The minimum absolute atomic E-state index is 0.0274. The topological polar surface area (TPSA) is 70.0 Å². The molecule has 0 aliphatic carbocycles. The average Bonchev–Trinajstić information content (AvgIpc) is 3.00. The lowest BCUT2D eigenvalue weighted by molar-refractivity contribution is 0.0121. The van der Waals surface area contributed by atoms with Crippen LogP contribution < -0.4 is 10.6 Å². The molecule has 0 bridgehead atoms. The molecular formula is C17H30N4O3. The van der Waals surface area contributed by atoms with Crippen molar-refractivity contribution in [1.82, 2.24) is 20.4 Å². The van der Waals surface area contributed by atoms with E-state index >= 15 is 0 Å². The molecule has 0 radical (unpaired) electrons. The van der Waals surface area contributed by atoms with Crippen molar-refractivity contribution in [3.63, 3.8) is 0 Å². The lowest BCUT2D eigenvalue weighted by Gasteiger charge is -2.33. The van der Waals surface area contributed by atoms with Gasteiger partial charge in [0.2, 0.25) is 0 Å². The molecule has 7 nitrogen and oxygen atoms in total. The Morgan fingerprint density at radius 3 is 2.50 bits per heavy atom. The van der Waals surface area contributed by atoms with Crippen LogP contribution in [0.25, 0.3) is 0 Å². The van der Waals surface area contributed by atoms with E-state index in [4.69, 9.17) is 9.15 Å². The number of carbonyl (C=O) groups excluding carboxylic acids is 1. The predicted octanol–water partition coefficient (Wildman–Crippen LogP) is 1.21. The second-order valence-electron chi connectivity index (χ2n) is 6.52. The van der Waals surface area contributed by atoms with Gasteiger partial charge in [0.25, 0.3) is 0 Å². The predicted molar refractivity (Wildman–Crippen MR) is 93.1 cm³/mol. The number of amides is 2. The Hall–Kier alpha value is -1.57. The van der Waals surface area contributed by atoms with Crippen molar-refractivity contribution in [2.24, 2.45) is 0 Å². The summed E-state index contributed by atoms with van der Waals surface area (Å²) in [6.45, 7) is 8.23. The second-order valence-corrected chi connectivity index (χ2v) is 6.52. The Morgan fingerprint density at radius 1 is 1.25 bits per heavy atom. The van der Waals surface area contributed by atoms with E-state index in [1.54, 1.807) is 0 Å². The van der Waals surface area contributed by atoms with Gasteiger partial charge in [0.05, 0.1) is 19.3 Å². The first-order valence-electron chi connectivity index (χ1n) is 8.53. The lowest BCUT2D eigenvalue weighted by atomic mass is 10.1. The second kappa shape index (κ2) is 9.05. The van der Waals surface area contributed by atoms with E-state index in [1.165, 1.54) is 0 Å². The van der Waals surface area contributed by atoms with E-state index in [2.05, 4.69) is 27.4 Å². The summed E-state index contributed by atoms with van der Waals surface area (Å²) in [6.07, 6.45) is 0. The van der Waals surface area contributed by atoms with Gasteiger partial charge >= 0.3 is 6.03 Å². The van der Waals surface area contributed by atoms with Gasteiger partial charge in [-0.15, -0.1) is 0 Å². The van der Waals surface area contributed by atoms with Crippen molar-refractivity contribution in [3.05, 3.63) is 23.7 Å². The van der Waals surface area contributed by atoms with Crippen molar-refractivity contribution in [2.75, 3.05) is 53.5 Å². The van der Waals surface area contributed by atoms with Crippen LogP contribution in [0.15, 0.2) is 16.5 Å². The largest absolute Gasteiger partial charge is 0.465 e. The van der Waals surface area contributed by atoms with Crippen LogP contribution in [0.1, 0.15) is 24.5 Å². The normalized spacial score (nSPS) is 18.4. The molecule has 2 N–H and O–H groups in total. The maximum Gasteiger partial charge on any atom is 0.314 e. The summed E-state index contributed by atoms with van der Waals surface area (Å²) >= 11 is 0. The number of carbonyl (C=O) groups is 1. The molecule has 1 aliphatic rings. The molecule has 2 heterocycles. The van der Waals surface area contributed by atoms with Gasteiger partial charge in [-0.2, -0.15) is 0 Å². The highest BCUT2D eigenvalue weighted by atomic mass is 16.5. The molecule has 7 heteroatoms. The summed E-state index contributed by atoms with van der Waals surface area (Å²) in [5.74, 6) is 1.77. The van der Waals surface area contributed by atoms with Crippen LogP contribution in [0, 0.1) is 6.92 Å². The number of nitrogens with one attached hydrogen (secondary N) is 2. The number of hydrogen-bond acceptors (Lipinski definition) is 5. The maximum absolute atomic E-state index is 12.1. The minimum atomic E-state index is -0.148. The number of furan rings is 1. The Labute approximate surface area is 144 Å². The molecule has 24 heavy (non-hydrogen) atoms. The fourth-order valence-electron chi connectivity index (χ4n) is 2.61. The fraction of sp³-hybridized carbons (Fsp3) is 0.706. The number of hydrogen-bond donors (Lipinski definition) is 2. The molecule has 2 amide bonds. The summed E-state index contributed by atoms with van der Waals surface area (Å²) in [4.78, 5) is 16.4. The van der Waals surface area contributed by atoms with Crippen molar-refractivity contribution in [1.29, 1.82) is 0 Å². The fourth-order valence-corrected chi connectivity index (χ4v) is 2.61. The minimum Gasteiger partial charge on any atom is -0.465 e. The van der Waals surface area contributed by atoms with Gasteiger partial charge < -0.3 is 24.7 Å². The van der Waals surface area contributed by atoms with E-state index in [1.807, 2.05) is 33.2 Å². The van der Waals surface area contributed by atoms with Crippen molar-refractivity contribution < 1.29 is 13.9 Å². The smallest absolute Gasteiger partial charge is 0.314 e. The molecule has 2 rings (SSSR count). The van der Waals surface area contributed by atoms with Gasteiger partial charge in [0, 0.05) is 32.2 Å². The third-order valence-corrected chi connectivity index (χ3v) is 4.47. The molecule has 1 saturated heterocycles. The van der Waals surface area contributed by atoms with Gasteiger partial charge in [-0.05, 0) is 40.1 Å². The van der Waals surface area contributed by atoms with E-state index < -0.39 is 0 Å². The van der Waals surface area contributed by atoms with Gasteiger partial charge in [0.15, 0.2) is 0 Å². The summed E-state index contributed by atoms with van der Waals surface area (Å²) < 4.78 is 11.2. The zero-order chi connectivity index (χ0) is 17.5. The molecule has 0 spiro atoms. The number of urea groups is 1. The van der Waals surface area contributed by atoms with Crippen LogP contribution in [-0.4, -0.2) is 75.4 Å². The molecule has 1 aromatic heterocycles. The van der Waals surface area contributed by atoms with Crippen LogP contribution in [0.2, 0.25) is 0 Å². The van der Waals surface area contributed by atoms with Crippen LogP contribution >= 0.6 is 0 Å². The summed E-state index contributed by atoms with van der Waals surface area (Å²) in [6, 6.07) is 4.12. The summed E-state index contributed by atoms with van der Waals surface area (Å²) in [5.41, 5.74) is 0. The van der Waals surface area contributed by atoms with Crippen molar-refractivity contribution in [2.45, 2.75) is 25.9 Å². The molecular weight excluding hydrogens is 308 g/mol. The van der Waals surface area contributed by atoms with E-state index in [-0.39, 0.29) is 12.1 Å². The van der Waals surface area contributed by atoms with E-state index in [0.717, 1.165) is 24.6 Å². The molecule has 136 valence electrons. The molecule has 1 aliphatic heterocycles. The van der Waals surface area contributed by atoms with Crippen LogP contribution in [-0.2, 0) is 4.74 Å². The van der Waals surface area contributed by atoms with Gasteiger partial charge in [-0.1, -0.05) is 0 Å². The van der Waals surface area contributed by atoms with Gasteiger partial charge in [0.1, 0.15) is 11.5 Å². The molecule has 0 unspecified atom stereocenters. The highest BCUT2D eigenvalue weighted by Gasteiger charge is 2.25. The van der Waals surface area contributed by atoms with Crippen LogP contribution in [0.3, 0.4) is 0 Å². The van der Waals surface area contributed by atoms with E-state index in [0.29, 0.717) is 32.3 Å². The third-order valence-electron chi connectivity index (χ3n) is 4.47. The zero-order valence-corrected chi connectivity index (χ0v) is 15.2. The zero-order valence-electron chi connectivity index (χ0n) is 15.2. The van der Waals surface area contributed by atoms with Crippen LogP contribution in [0.4, 0.5) is 4.79 Å². The monoisotopic (exact) mass is 338 g/mol. The maximum atomic E-state index is 12.1. The molecule has 1 fully saturated rings. The number of rotatable bonds is 7. The Morgan fingerprint density at radius 2 is 1.92 bits per heavy atom. The SMILES string of the molecule is Cc1ccc([C@@H](CNC(=O)NC[C@@H](C)N(C)C)N2CCOCC2)o1. The highest BCUT2D eigenvalue weighted by molar-refractivity contribution is 5.73. The first kappa shape index (κ1) is 18.8. The quantitative estimate of drug-likeness (QED) is 0.782. The molecule has 1 aromatic rings. The first-order valence-corrected chi connectivity index (χ1v) is 8.53. The van der Waals surface area contributed by atoms with Crippen molar-refractivity contribution >= 4 is 6.03 Å². The molecule has 2 atom stereocenters. The Kier molecular flexibility index (Phi) is 7.08. The number of likely N-dealkylation sites (N-methyl/N-ethyl adjacent to an activating group) is 1. The molecule has 0 saturated carbocycles. The third kappa shape index (κ3) is 5.51. The summed E-state index contributed by atoms with van der Waals surface area (Å²) in [7, 11) is 4.00. The molecule has 0 aromatic carbocycles. The number of aryl methyl sites for hydroxylation is 1. The van der Waals surface area contributed by atoms with Gasteiger partial charge in [-0.3, -0.25) is 4.90 Å². The standard InChI is InChI=1S/C17H30N4O3/c1-13(20(3)4)11-18-17(22)19-12-15(16-6-5-14(2)24-16)21-7-9-23-10-8-21/h5-6,13,15H,7-12H2,1-4H3,(H2,18,19,22)/t13-,15-/m1/s1. The average molecular weight is 338 g/mol. The number of morpholine rings is 1. The highest BCUT2D eigenvalue weighted by Crippen LogP contribution is 2.23. The van der Waals surface area contributed by atoms with Gasteiger partial charge in [-0.25, -0.2) is 4.79 Å². The first-order chi connectivity index (χ1) is 11.5. The van der Waals surface area contributed by atoms with Crippen LogP contribution in [0.5, 0.6) is 0 Å². The number of ether oxygens (including phenoxy) is 1.